The fourth-order valence-corrected chi connectivity index (χ4v) is 4.38. The summed E-state index contributed by atoms with van der Waals surface area (Å²) in [5, 5.41) is 2.94. The minimum absolute atomic E-state index is 0.273. The van der Waals surface area contributed by atoms with Gasteiger partial charge in [-0.25, -0.2) is 4.39 Å². The molecule has 2 aliphatic heterocycles. The Morgan fingerprint density at radius 2 is 2.03 bits per heavy atom. The first kappa shape index (κ1) is 19.9. The van der Waals surface area contributed by atoms with Gasteiger partial charge in [-0.2, -0.15) is 0 Å². The third kappa shape index (κ3) is 4.60. The Balaban J connectivity index is 1.51. The average molecular weight is 397 g/mol. The van der Waals surface area contributed by atoms with Crippen molar-refractivity contribution in [3.8, 4) is 5.75 Å². The van der Waals surface area contributed by atoms with Gasteiger partial charge < -0.3 is 15.0 Å². The van der Waals surface area contributed by atoms with Crippen molar-refractivity contribution in [1.82, 2.24) is 15.1 Å². The molecule has 1 N–H and O–H groups in total. The summed E-state index contributed by atoms with van der Waals surface area (Å²) in [7, 11) is 4.14. The summed E-state index contributed by atoms with van der Waals surface area (Å²) >= 11 is 0. The topological polar surface area (TPSA) is 44.8 Å². The number of hydrogen-bond donors (Lipinski definition) is 1. The Kier molecular flexibility index (Phi) is 5.56. The quantitative estimate of drug-likeness (QED) is 0.861. The number of fused-ring (bicyclic) bond motifs is 1. The molecule has 1 fully saturated rings. The molecule has 0 aromatic heterocycles. The number of hydrogen-bond acceptors (Lipinski definition) is 4. The van der Waals surface area contributed by atoms with Crippen LogP contribution in [0.25, 0.3) is 0 Å². The van der Waals surface area contributed by atoms with Gasteiger partial charge in [0.15, 0.2) is 0 Å². The van der Waals surface area contributed by atoms with Crippen LogP contribution in [0, 0.1) is 5.82 Å². The SMILES string of the molecule is CN(C)Cc1cccc(CN2CCC[C@@]3(CNC(=O)c4cc(F)ccc4O3)C2)c1. The first-order valence-corrected chi connectivity index (χ1v) is 10.1. The highest BCUT2D eigenvalue weighted by molar-refractivity contribution is 5.97. The molecule has 2 heterocycles. The molecule has 1 atom stereocenters. The van der Waals surface area contributed by atoms with E-state index >= 15 is 0 Å². The summed E-state index contributed by atoms with van der Waals surface area (Å²) < 4.78 is 20.0. The van der Waals surface area contributed by atoms with E-state index in [4.69, 9.17) is 4.74 Å². The predicted molar refractivity (Wildman–Crippen MR) is 110 cm³/mol. The fraction of sp³-hybridized carbons (Fsp3) is 0.435. The van der Waals surface area contributed by atoms with Gasteiger partial charge in [-0.05, 0) is 62.8 Å². The number of halogens is 1. The largest absolute Gasteiger partial charge is 0.483 e. The molecule has 1 saturated heterocycles. The molecule has 0 saturated carbocycles. The maximum Gasteiger partial charge on any atom is 0.255 e. The number of likely N-dealkylation sites (tertiary alicyclic amines) is 1. The molecule has 4 rings (SSSR count). The zero-order valence-electron chi connectivity index (χ0n) is 17.1. The van der Waals surface area contributed by atoms with Gasteiger partial charge in [-0.15, -0.1) is 0 Å². The minimum Gasteiger partial charge on any atom is -0.483 e. The van der Waals surface area contributed by atoms with Crippen molar-refractivity contribution in [3.63, 3.8) is 0 Å². The highest BCUT2D eigenvalue weighted by atomic mass is 19.1. The van der Waals surface area contributed by atoms with Gasteiger partial charge in [0.25, 0.3) is 5.91 Å². The molecular weight excluding hydrogens is 369 g/mol. The highest BCUT2D eigenvalue weighted by Crippen LogP contribution is 2.33. The standard InChI is InChI=1S/C23H28FN3O2/c1-26(2)13-17-5-3-6-18(11-17)14-27-10-4-9-23(16-27)15-25-22(28)20-12-19(24)7-8-21(20)29-23/h3,5-8,11-12H,4,9-10,13-16H2,1-2H3,(H,25,28)/t23-/m1/s1. The lowest BCUT2D eigenvalue weighted by Crippen LogP contribution is -2.56. The fourth-order valence-electron chi connectivity index (χ4n) is 4.38. The minimum atomic E-state index is -0.488. The van der Waals surface area contributed by atoms with E-state index in [0.717, 1.165) is 39.0 Å². The van der Waals surface area contributed by atoms with E-state index in [-0.39, 0.29) is 11.5 Å². The van der Waals surface area contributed by atoms with Crippen molar-refractivity contribution in [2.75, 3.05) is 33.7 Å². The maximum atomic E-state index is 13.6. The number of ether oxygens (including phenoxy) is 1. The van der Waals surface area contributed by atoms with Gasteiger partial charge in [-0.1, -0.05) is 24.3 Å². The molecule has 29 heavy (non-hydrogen) atoms. The molecule has 0 bridgehead atoms. The summed E-state index contributed by atoms with van der Waals surface area (Å²) in [4.78, 5) is 17.0. The van der Waals surface area contributed by atoms with Crippen LogP contribution in [-0.2, 0) is 13.1 Å². The summed E-state index contributed by atoms with van der Waals surface area (Å²) in [6.07, 6.45) is 1.85. The van der Waals surface area contributed by atoms with Crippen molar-refractivity contribution in [2.45, 2.75) is 31.5 Å². The Morgan fingerprint density at radius 1 is 1.21 bits per heavy atom. The Labute approximate surface area is 171 Å². The van der Waals surface area contributed by atoms with Crippen LogP contribution in [-0.4, -0.2) is 55.0 Å². The van der Waals surface area contributed by atoms with Crippen LogP contribution >= 0.6 is 0 Å². The molecule has 0 radical (unpaired) electrons. The van der Waals surface area contributed by atoms with Crippen molar-refractivity contribution in [3.05, 3.63) is 65.0 Å². The van der Waals surface area contributed by atoms with Crippen LogP contribution < -0.4 is 10.1 Å². The van der Waals surface area contributed by atoms with Gasteiger partial charge in [0.05, 0.1) is 12.1 Å². The van der Waals surface area contributed by atoms with E-state index in [1.807, 2.05) is 0 Å². The third-order valence-corrected chi connectivity index (χ3v) is 5.60. The molecule has 0 aliphatic carbocycles. The van der Waals surface area contributed by atoms with E-state index in [9.17, 15) is 9.18 Å². The second-order valence-corrected chi connectivity index (χ2v) is 8.48. The Morgan fingerprint density at radius 3 is 2.86 bits per heavy atom. The number of carbonyl (C=O) groups excluding carboxylic acids is 1. The van der Waals surface area contributed by atoms with Crippen LogP contribution in [0.2, 0.25) is 0 Å². The van der Waals surface area contributed by atoms with Crippen molar-refractivity contribution >= 4 is 5.91 Å². The summed E-state index contributed by atoms with van der Waals surface area (Å²) in [6, 6.07) is 12.9. The summed E-state index contributed by atoms with van der Waals surface area (Å²) in [5.41, 5.74) is 2.36. The van der Waals surface area contributed by atoms with E-state index in [1.54, 1.807) is 6.07 Å². The molecule has 154 valence electrons. The molecule has 6 heteroatoms. The van der Waals surface area contributed by atoms with Crippen molar-refractivity contribution in [1.29, 1.82) is 0 Å². The zero-order chi connectivity index (χ0) is 20.4. The van der Waals surface area contributed by atoms with Crippen LogP contribution in [0.1, 0.15) is 34.3 Å². The van der Waals surface area contributed by atoms with E-state index < -0.39 is 11.4 Å². The monoisotopic (exact) mass is 397 g/mol. The lowest BCUT2D eigenvalue weighted by molar-refractivity contribution is -0.00708. The number of nitrogens with one attached hydrogen (secondary N) is 1. The summed E-state index contributed by atoms with van der Waals surface area (Å²) in [5.74, 6) is -0.234. The molecule has 2 aromatic carbocycles. The second kappa shape index (κ2) is 8.13. The van der Waals surface area contributed by atoms with E-state index in [0.29, 0.717) is 12.3 Å². The van der Waals surface area contributed by atoms with Gasteiger partial charge >= 0.3 is 0 Å². The number of carbonyl (C=O) groups is 1. The van der Waals surface area contributed by atoms with Crippen molar-refractivity contribution < 1.29 is 13.9 Å². The first-order chi connectivity index (χ1) is 13.9. The highest BCUT2D eigenvalue weighted by Gasteiger charge is 2.40. The molecule has 5 nitrogen and oxygen atoms in total. The zero-order valence-corrected chi connectivity index (χ0v) is 17.1. The molecular formula is C23H28FN3O2. The lowest BCUT2D eigenvalue weighted by Gasteiger charge is -2.42. The molecule has 2 aromatic rings. The molecule has 0 unspecified atom stereocenters. The number of rotatable bonds is 4. The number of piperidine rings is 1. The number of benzene rings is 2. The Hall–Kier alpha value is -2.44. The third-order valence-electron chi connectivity index (χ3n) is 5.60. The van der Waals surface area contributed by atoms with E-state index in [1.165, 1.54) is 23.3 Å². The summed E-state index contributed by atoms with van der Waals surface area (Å²) in [6.45, 7) is 3.91. The van der Waals surface area contributed by atoms with Gasteiger partial charge in [0, 0.05) is 19.6 Å². The second-order valence-electron chi connectivity index (χ2n) is 8.48. The van der Waals surface area contributed by atoms with Crippen LogP contribution in [0.5, 0.6) is 5.75 Å². The lowest BCUT2D eigenvalue weighted by atomic mass is 9.92. The van der Waals surface area contributed by atoms with Gasteiger partial charge in [0.1, 0.15) is 17.2 Å². The smallest absolute Gasteiger partial charge is 0.255 e. The van der Waals surface area contributed by atoms with Crippen molar-refractivity contribution in [2.24, 2.45) is 0 Å². The molecule has 1 amide bonds. The van der Waals surface area contributed by atoms with Gasteiger partial charge in [0.2, 0.25) is 0 Å². The number of amides is 1. The van der Waals surface area contributed by atoms with Crippen LogP contribution in [0.3, 0.4) is 0 Å². The van der Waals surface area contributed by atoms with Crippen LogP contribution in [0.15, 0.2) is 42.5 Å². The Bertz CT molecular complexity index is 901. The van der Waals surface area contributed by atoms with Gasteiger partial charge in [-0.3, -0.25) is 9.69 Å². The van der Waals surface area contributed by atoms with Crippen LogP contribution in [0.4, 0.5) is 4.39 Å². The first-order valence-electron chi connectivity index (χ1n) is 10.1. The number of nitrogens with zero attached hydrogens (tertiary/aromatic N) is 2. The average Bonchev–Trinajstić information content (AvgIpc) is 2.79. The molecule has 2 aliphatic rings. The van der Waals surface area contributed by atoms with E-state index in [2.05, 4.69) is 53.5 Å². The predicted octanol–water partition coefficient (Wildman–Crippen LogP) is 3.04. The molecule has 1 spiro atoms. The maximum absolute atomic E-state index is 13.6. The normalized spacial score (nSPS) is 22.1.